The Balaban J connectivity index is 1.06. The Morgan fingerprint density at radius 3 is 0.938 bits per heavy atom. The van der Waals surface area contributed by atoms with Crippen LogP contribution >= 0.6 is 0 Å². The van der Waals surface area contributed by atoms with Crippen LogP contribution in [0.5, 0.6) is 0 Å². The van der Waals surface area contributed by atoms with Crippen molar-refractivity contribution in [1.82, 2.24) is 0 Å². The van der Waals surface area contributed by atoms with Crippen LogP contribution in [0.4, 0.5) is 0 Å². The van der Waals surface area contributed by atoms with Gasteiger partial charge in [-0.3, -0.25) is 0 Å². The molecule has 10 atom stereocenters. The predicted molar refractivity (Wildman–Crippen MR) is 305 cm³/mol. The minimum Gasteiger partial charge on any atom is -0.374 e. The van der Waals surface area contributed by atoms with E-state index in [0.717, 1.165) is 44.5 Å². The average molecular weight is 1080 g/mol. The number of rotatable bonds is 28. The molecule has 8 aromatic carbocycles. The molecular weight excluding hydrogens is 1000 g/mol. The third-order valence-electron chi connectivity index (χ3n) is 14.3. The van der Waals surface area contributed by atoms with Gasteiger partial charge in [0.05, 0.1) is 66.1 Å². The summed E-state index contributed by atoms with van der Waals surface area (Å²) in [5.74, 6) is -1.64. The second-order valence-electron chi connectivity index (χ2n) is 20.4. The van der Waals surface area contributed by atoms with Crippen molar-refractivity contribution in [3.05, 3.63) is 287 Å². The molecule has 0 N–H and O–H groups in total. The van der Waals surface area contributed by atoms with Crippen LogP contribution in [0, 0.1) is 0 Å². The van der Waals surface area contributed by atoms with Gasteiger partial charge in [0.2, 0.25) is 0 Å². The van der Waals surface area contributed by atoms with Crippen LogP contribution in [0.15, 0.2) is 243 Å². The van der Waals surface area contributed by atoms with Crippen LogP contribution in [-0.2, 0) is 105 Å². The van der Waals surface area contributed by atoms with Crippen LogP contribution < -0.4 is 0 Å². The summed E-state index contributed by atoms with van der Waals surface area (Å²) in [5, 5.41) is 0. The molecule has 2 saturated heterocycles. The second-order valence-corrected chi connectivity index (χ2v) is 20.4. The number of hydrogen-bond donors (Lipinski definition) is 0. The molecule has 0 aromatic heterocycles. The zero-order chi connectivity index (χ0) is 54.4. The summed E-state index contributed by atoms with van der Waals surface area (Å²) < 4.78 is 78.4. The van der Waals surface area contributed by atoms with E-state index in [1.54, 1.807) is 0 Å². The normalized spacial score (nSPS) is 23.8. The Morgan fingerprint density at radius 2 is 0.575 bits per heavy atom. The molecule has 11 heteroatoms. The van der Waals surface area contributed by atoms with Crippen molar-refractivity contribution in [2.45, 2.75) is 121 Å². The van der Waals surface area contributed by atoms with Gasteiger partial charge in [0, 0.05) is 0 Å². The molecule has 11 nitrogen and oxygen atoms in total. The van der Waals surface area contributed by atoms with E-state index in [1.165, 1.54) is 0 Å². The van der Waals surface area contributed by atoms with Gasteiger partial charge in [-0.25, -0.2) is 0 Å². The summed E-state index contributed by atoms with van der Waals surface area (Å²) in [4.78, 5) is 0. The fraction of sp³-hybridized carbons (Fsp3) is 0.304. The molecule has 0 bridgehead atoms. The largest absolute Gasteiger partial charge is 0.374 e. The number of benzene rings is 8. The van der Waals surface area contributed by atoms with Crippen LogP contribution in [0.2, 0.25) is 0 Å². The van der Waals surface area contributed by atoms with Gasteiger partial charge in [-0.1, -0.05) is 243 Å². The Kier molecular flexibility index (Phi) is 21.0. The van der Waals surface area contributed by atoms with Gasteiger partial charge in [-0.05, 0) is 51.4 Å². The molecule has 0 unspecified atom stereocenters. The molecule has 0 aliphatic carbocycles. The molecule has 0 saturated carbocycles. The molecule has 8 aromatic rings. The first-order valence-electron chi connectivity index (χ1n) is 27.7. The van der Waals surface area contributed by atoms with Gasteiger partial charge < -0.3 is 52.1 Å². The molecule has 2 fully saturated rings. The van der Waals surface area contributed by atoms with Crippen molar-refractivity contribution in [2.24, 2.45) is 0 Å². The summed E-state index contributed by atoms with van der Waals surface area (Å²) in [5.41, 5.74) is 7.88. The standard InChI is InChI=1S/C69H72O11/c1-69(67(77-49-59-40-24-9-25-41-59)65(75-47-57-36-20-7-21-37-57)63(73-45-55-32-16-5-17-33-55)61(79-69)51-71-43-53-28-12-3-13-29-53)80-68-66(76-48-58-38-22-8-23-39-58)64(74-46-56-34-18-6-19-35-56)62(72-44-54-30-14-4-15-31-54)60(78-68)50-70-42-52-26-10-2-11-27-52/h2-41,60-68H,42-51H2,1H3/t60-,61-,62-,63-,64+,65+,66-,67+,68+,69-/m1/s1. The molecule has 0 amide bonds. The first-order valence-corrected chi connectivity index (χ1v) is 27.7. The smallest absolute Gasteiger partial charge is 0.198 e. The van der Waals surface area contributed by atoms with Crippen molar-refractivity contribution in [2.75, 3.05) is 13.2 Å². The lowest BCUT2D eigenvalue weighted by molar-refractivity contribution is -0.431. The van der Waals surface area contributed by atoms with Gasteiger partial charge in [-0.15, -0.1) is 0 Å². The molecule has 80 heavy (non-hydrogen) atoms. The Bertz CT molecular complexity index is 2950. The monoisotopic (exact) mass is 1080 g/mol. The van der Waals surface area contributed by atoms with Crippen molar-refractivity contribution in [3.8, 4) is 0 Å². The Morgan fingerprint density at radius 1 is 0.300 bits per heavy atom. The van der Waals surface area contributed by atoms with Crippen LogP contribution in [0.25, 0.3) is 0 Å². The van der Waals surface area contributed by atoms with E-state index < -0.39 is 60.9 Å². The summed E-state index contributed by atoms with van der Waals surface area (Å²) in [6.07, 6.45) is -7.53. The molecular formula is C69H72O11. The van der Waals surface area contributed by atoms with Crippen LogP contribution in [0.3, 0.4) is 0 Å². The number of hydrogen-bond acceptors (Lipinski definition) is 11. The fourth-order valence-corrected chi connectivity index (χ4v) is 10.2. The SMILES string of the molecule is C[C@]1(O[C@@H]2O[C@H](COCc3ccccc3)[C@@H](OCc3ccccc3)[C@H](OCc3ccccc3)[C@H]2OCc2ccccc2)O[C@H](COCc2ccccc2)[C@@H](OCc2ccccc2)[C@H](OCc2ccccc2)[C@@H]1OCc1ccccc1. The Labute approximate surface area is 471 Å². The van der Waals surface area contributed by atoms with Crippen LogP contribution in [-0.4, -0.2) is 74.1 Å². The third kappa shape index (κ3) is 16.2. The predicted octanol–water partition coefficient (Wildman–Crippen LogP) is 12.8. The molecule has 10 rings (SSSR count). The maximum atomic E-state index is 7.62. The van der Waals surface area contributed by atoms with Crippen LogP contribution in [0.1, 0.15) is 51.4 Å². The van der Waals surface area contributed by atoms with Gasteiger partial charge >= 0.3 is 0 Å². The lowest BCUT2D eigenvalue weighted by Crippen LogP contribution is -2.70. The van der Waals surface area contributed by atoms with E-state index in [0.29, 0.717) is 13.2 Å². The highest BCUT2D eigenvalue weighted by atomic mass is 16.8. The highest BCUT2D eigenvalue weighted by Crippen LogP contribution is 2.42. The second kappa shape index (κ2) is 29.7. The quantitative estimate of drug-likeness (QED) is 0.0469. The summed E-state index contributed by atoms with van der Waals surface area (Å²) >= 11 is 0. The topological polar surface area (TPSA) is 102 Å². The van der Waals surface area contributed by atoms with Gasteiger partial charge in [0.25, 0.3) is 0 Å². The highest BCUT2D eigenvalue weighted by Gasteiger charge is 2.59. The van der Waals surface area contributed by atoms with Crippen molar-refractivity contribution >= 4 is 0 Å². The Hall–Kier alpha value is -6.68. The summed E-state index contributed by atoms with van der Waals surface area (Å²) in [6.45, 7) is 4.28. The molecule has 2 aliphatic heterocycles. The minimum atomic E-state index is -1.64. The molecule has 414 valence electrons. The molecule has 2 aliphatic rings. The fourth-order valence-electron chi connectivity index (χ4n) is 10.2. The van der Waals surface area contributed by atoms with Gasteiger partial charge in [0.15, 0.2) is 12.1 Å². The van der Waals surface area contributed by atoms with E-state index >= 15 is 0 Å². The van der Waals surface area contributed by atoms with E-state index in [1.807, 2.05) is 250 Å². The zero-order valence-electron chi connectivity index (χ0n) is 45.4. The van der Waals surface area contributed by atoms with Crippen molar-refractivity contribution in [3.63, 3.8) is 0 Å². The first-order chi connectivity index (χ1) is 39.5. The van der Waals surface area contributed by atoms with E-state index in [9.17, 15) is 0 Å². The van der Waals surface area contributed by atoms with E-state index in [2.05, 4.69) is 0 Å². The maximum absolute atomic E-state index is 7.62. The third-order valence-corrected chi connectivity index (χ3v) is 14.3. The molecule has 2 heterocycles. The van der Waals surface area contributed by atoms with Gasteiger partial charge in [-0.2, -0.15) is 0 Å². The molecule has 0 radical (unpaired) electrons. The average Bonchev–Trinajstić information content (AvgIpc) is 3.60. The zero-order valence-corrected chi connectivity index (χ0v) is 45.4. The lowest BCUT2D eigenvalue weighted by atomic mass is 9.91. The van der Waals surface area contributed by atoms with E-state index in [-0.39, 0.29) is 52.9 Å². The summed E-state index contributed by atoms with van der Waals surface area (Å²) in [6, 6.07) is 80.7. The molecule has 0 spiro atoms. The van der Waals surface area contributed by atoms with Crippen molar-refractivity contribution in [1.29, 1.82) is 0 Å². The van der Waals surface area contributed by atoms with Crippen molar-refractivity contribution < 1.29 is 52.1 Å². The lowest BCUT2D eigenvalue weighted by Gasteiger charge is -2.53. The number of ether oxygens (including phenoxy) is 11. The first kappa shape index (κ1) is 56.6. The maximum Gasteiger partial charge on any atom is 0.198 e. The minimum absolute atomic E-state index is 0.123. The highest BCUT2D eigenvalue weighted by molar-refractivity contribution is 5.20. The van der Waals surface area contributed by atoms with Gasteiger partial charge in [0.1, 0.15) is 48.8 Å². The van der Waals surface area contributed by atoms with E-state index in [4.69, 9.17) is 52.1 Å². The summed E-state index contributed by atoms with van der Waals surface area (Å²) in [7, 11) is 0.